The second-order valence-electron chi connectivity index (χ2n) is 15.6. The maximum Gasteiger partial charge on any atom is 0.0515 e. The standard InChI is InChI=1S/C50H50N2/c1-35-13-9-10-18-45(35)40-25-31-46(36(2)33-40)39-23-28-43(29-24-39)52-49-20-12-11-19-47(49)48-32-30-44(34-50(48)52)51(41-16-7-4-8-17-41)42-26-21-38(22-27-42)37-14-5-3-6-15-37/h3-12,14-17,20-23,26-28,30,32-36,45-47H,13,18-19,24-25,29,31H2,1-2H3. The molecule has 2 heteroatoms. The average Bonchev–Trinajstić information content (AvgIpc) is 3.53. The van der Waals surface area contributed by atoms with Gasteiger partial charge in [-0.2, -0.15) is 0 Å². The number of allylic oxidation sites excluding steroid dienone is 12. The van der Waals surface area contributed by atoms with E-state index in [9.17, 15) is 0 Å². The second-order valence-corrected chi connectivity index (χ2v) is 15.6. The summed E-state index contributed by atoms with van der Waals surface area (Å²) in [4.78, 5) is 5.02. The lowest BCUT2D eigenvalue weighted by atomic mass is 9.69. The summed E-state index contributed by atoms with van der Waals surface area (Å²) >= 11 is 0. The molecule has 0 bridgehead atoms. The van der Waals surface area contributed by atoms with Crippen LogP contribution in [0.2, 0.25) is 0 Å². The van der Waals surface area contributed by atoms with Gasteiger partial charge in [-0.05, 0) is 134 Å². The van der Waals surface area contributed by atoms with E-state index in [4.69, 9.17) is 0 Å². The summed E-state index contributed by atoms with van der Waals surface area (Å²) in [7, 11) is 0. The minimum atomic E-state index is 0.398. The molecule has 5 aliphatic rings. The molecule has 5 atom stereocenters. The van der Waals surface area contributed by atoms with E-state index in [2.05, 4.69) is 175 Å². The van der Waals surface area contributed by atoms with Crippen molar-refractivity contribution < 1.29 is 0 Å². The van der Waals surface area contributed by atoms with Crippen LogP contribution in [0.15, 0.2) is 174 Å². The van der Waals surface area contributed by atoms with E-state index in [-0.39, 0.29) is 0 Å². The first kappa shape index (κ1) is 32.8. The Labute approximate surface area is 310 Å². The lowest BCUT2D eigenvalue weighted by molar-refractivity contribution is 0.345. The zero-order valence-corrected chi connectivity index (χ0v) is 30.7. The second kappa shape index (κ2) is 14.2. The summed E-state index contributed by atoms with van der Waals surface area (Å²) in [5, 5.41) is 0. The molecule has 4 aliphatic carbocycles. The van der Waals surface area contributed by atoms with Crippen molar-refractivity contribution in [1.29, 1.82) is 0 Å². The SMILES string of the molecule is CC1C=C(C2CC=CCC2C)CCC1C1=CC=C(N2C3=CC=CCC3c3ccc(N(c4ccccc4)c4ccc(-c5ccccc5)cc4)cc32)CC1. The summed E-state index contributed by atoms with van der Waals surface area (Å²) in [6, 6.07) is 37.7. The van der Waals surface area contributed by atoms with Gasteiger partial charge in [0.1, 0.15) is 0 Å². The van der Waals surface area contributed by atoms with Gasteiger partial charge in [0.2, 0.25) is 0 Å². The lowest BCUT2D eigenvalue weighted by Gasteiger charge is -2.37. The lowest BCUT2D eigenvalue weighted by Crippen LogP contribution is -2.25. The fourth-order valence-electron chi connectivity index (χ4n) is 9.77. The Morgan fingerprint density at radius 2 is 1.33 bits per heavy atom. The molecule has 52 heavy (non-hydrogen) atoms. The highest BCUT2D eigenvalue weighted by molar-refractivity contribution is 5.83. The van der Waals surface area contributed by atoms with Crippen LogP contribution in [0.4, 0.5) is 22.7 Å². The van der Waals surface area contributed by atoms with Gasteiger partial charge < -0.3 is 9.80 Å². The largest absolute Gasteiger partial charge is 0.317 e. The summed E-state index contributed by atoms with van der Waals surface area (Å²) in [6.45, 7) is 4.93. The molecule has 1 heterocycles. The first-order valence-electron chi connectivity index (χ1n) is 19.7. The summed E-state index contributed by atoms with van der Waals surface area (Å²) in [6.07, 6.45) is 27.7. The number of anilines is 4. The molecule has 0 radical (unpaired) electrons. The van der Waals surface area contributed by atoms with Crippen molar-refractivity contribution in [3.8, 4) is 11.1 Å². The van der Waals surface area contributed by atoms with Gasteiger partial charge >= 0.3 is 0 Å². The van der Waals surface area contributed by atoms with Crippen LogP contribution in [0.1, 0.15) is 70.3 Å². The Morgan fingerprint density at radius 1 is 0.596 bits per heavy atom. The Bertz CT molecular complexity index is 2110. The van der Waals surface area contributed by atoms with Crippen LogP contribution in [0.3, 0.4) is 0 Å². The molecule has 2 nitrogen and oxygen atoms in total. The summed E-state index contributed by atoms with van der Waals surface area (Å²) in [5.41, 5.74) is 15.0. The van der Waals surface area contributed by atoms with E-state index >= 15 is 0 Å². The van der Waals surface area contributed by atoms with Crippen molar-refractivity contribution in [2.45, 2.75) is 64.7 Å². The molecule has 4 aromatic carbocycles. The predicted molar refractivity (Wildman–Crippen MR) is 220 cm³/mol. The van der Waals surface area contributed by atoms with Gasteiger partial charge in [0.25, 0.3) is 0 Å². The number of fused-ring (bicyclic) bond motifs is 3. The molecule has 0 aromatic heterocycles. The minimum absolute atomic E-state index is 0.398. The van der Waals surface area contributed by atoms with Crippen molar-refractivity contribution in [1.82, 2.24) is 0 Å². The molecule has 0 N–H and O–H groups in total. The zero-order valence-electron chi connectivity index (χ0n) is 30.7. The van der Waals surface area contributed by atoms with E-state index in [0.717, 1.165) is 42.5 Å². The quantitative estimate of drug-likeness (QED) is 0.180. The van der Waals surface area contributed by atoms with Gasteiger partial charge in [0.05, 0.1) is 5.69 Å². The van der Waals surface area contributed by atoms with E-state index in [1.807, 2.05) is 0 Å². The normalized spacial score (nSPS) is 25.0. The topological polar surface area (TPSA) is 6.48 Å². The Balaban J connectivity index is 1.04. The summed E-state index contributed by atoms with van der Waals surface area (Å²) in [5.74, 6) is 3.19. The minimum Gasteiger partial charge on any atom is -0.317 e. The number of nitrogens with zero attached hydrogens (tertiary/aromatic N) is 2. The smallest absolute Gasteiger partial charge is 0.0515 e. The highest BCUT2D eigenvalue weighted by Crippen LogP contribution is 2.52. The van der Waals surface area contributed by atoms with Crippen molar-refractivity contribution in [3.05, 3.63) is 180 Å². The molecule has 260 valence electrons. The van der Waals surface area contributed by atoms with Crippen molar-refractivity contribution >= 4 is 22.7 Å². The number of benzene rings is 4. The number of hydrogen-bond acceptors (Lipinski definition) is 2. The van der Waals surface area contributed by atoms with Crippen LogP contribution in [0, 0.1) is 23.7 Å². The molecule has 0 saturated heterocycles. The van der Waals surface area contributed by atoms with Gasteiger partial charge in [-0.3, -0.25) is 0 Å². The van der Waals surface area contributed by atoms with Crippen LogP contribution < -0.4 is 9.80 Å². The van der Waals surface area contributed by atoms with E-state index in [1.165, 1.54) is 65.1 Å². The fourth-order valence-corrected chi connectivity index (χ4v) is 9.77. The zero-order chi connectivity index (χ0) is 35.0. The van der Waals surface area contributed by atoms with Crippen LogP contribution in [0.5, 0.6) is 0 Å². The van der Waals surface area contributed by atoms with Crippen LogP contribution in [-0.4, -0.2) is 0 Å². The van der Waals surface area contributed by atoms with Gasteiger partial charge in [0, 0.05) is 34.4 Å². The third kappa shape index (κ3) is 6.13. The van der Waals surface area contributed by atoms with Gasteiger partial charge in [0.15, 0.2) is 0 Å². The van der Waals surface area contributed by atoms with E-state index in [0.29, 0.717) is 17.8 Å². The van der Waals surface area contributed by atoms with Gasteiger partial charge in [-0.25, -0.2) is 0 Å². The average molecular weight is 679 g/mol. The third-order valence-corrected chi connectivity index (χ3v) is 12.5. The molecule has 0 fully saturated rings. The Morgan fingerprint density at radius 3 is 2.08 bits per heavy atom. The molecule has 0 amide bonds. The summed E-state index contributed by atoms with van der Waals surface area (Å²) < 4.78 is 0. The monoisotopic (exact) mass is 678 g/mol. The first-order chi connectivity index (χ1) is 25.6. The molecule has 9 rings (SSSR count). The molecule has 5 unspecified atom stereocenters. The molecule has 1 aliphatic heterocycles. The van der Waals surface area contributed by atoms with Gasteiger partial charge in [-0.1, -0.05) is 128 Å². The maximum absolute atomic E-state index is 2.67. The predicted octanol–water partition coefficient (Wildman–Crippen LogP) is 13.7. The van der Waals surface area contributed by atoms with Gasteiger partial charge in [-0.15, -0.1) is 0 Å². The number of hydrogen-bond donors (Lipinski definition) is 0. The maximum atomic E-state index is 2.67. The number of para-hydroxylation sites is 1. The molecular weight excluding hydrogens is 629 g/mol. The van der Waals surface area contributed by atoms with Crippen LogP contribution >= 0.6 is 0 Å². The third-order valence-electron chi connectivity index (χ3n) is 12.5. The van der Waals surface area contributed by atoms with Crippen LogP contribution in [0.25, 0.3) is 11.1 Å². The van der Waals surface area contributed by atoms with E-state index < -0.39 is 0 Å². The van der Waals surface area contributed by atoms with Crippen LogP contribution in [-0.2, 0) is 0 Å². The van der Waals surface area contributed by atoms with Crippen molar-refractivity contribution in [2.75, 3.05) is 9.80 Å². The van der Waals surface area contributed by atoms with E-state index in [1.54, 1.807) is 11.1 Å². The molecule has 0 saturated carbocycles. The van der Waals surface area contributed by atoms with Crippen molar-refractivity contribution in [3.63, 3.8) is 0 Å². The first-order valence-corrected chi connectivity index (χ1v) is 19.7. The fraction of sp³-hybridized carbons (Fsp3) is 0.280. The van der Waals surface area contributed by atoms with Crippen molar-refractivity contribution in [2.24, 2.45) is 23.7 Å². The molecular formula is C50H50N2. The highest BCUT2D eigenvalue weighted by atomic mass is 15.2. The molecule has 0 spiro atoms. The number of rotatable bonds is 7. The Hall–Kier alpha value is -5.08. The molecule has 4 aromatic rings. The Kier molecular flexibility index (Phi) is 8.93. The highest BCUT2D eigenvalue weighted by Gasteiger charge is 2.37.